The molecular formula is C19H23N7O. The molecule has 1 fully saturated rings. The van der Waals surface area contributed by atoms with Gasteiger partial charge in [-0.15, -0.1) is 0 Å². The summed E-state index contributed by atoms with van der Waals surface area (Å²) in [6.07, 6.45) is 9.61. The van der Waals surface area contributed by atoms with Crippen molar-refractivity contribution in [2.24, 2.45) is 5.92 Å². The fourth-order valence-electron chi connectivity index (χ4n) is 4.30. The Morgan fingerprint density at radius 1 is 1.11 bits per heavy atom. The van der Waals surface area contributed by atoms with Gasteiger partial charge >= 0.3 is 0 Å². The molecule has 1 aliphatic heterocycles. The summed E-state index contributed by atoms with van der Waals surface area (Å²) >= 11 is 0. The molecule has 0 spiro atoms. The van der Waals surface area contributed by atoms with Gasteiger partial charge in [-0.2, -0.15) is 5.10 Å². The second-order valence-corrected chi connectivity index (χ2v) is 7.57. The van der Waals surface area contributed by atoms with Gasteiger partial charge in [0.05, 0.1) is 12.0 Å². The molecule has 1 aliphatic carbocycles. The average molecular weight is 365 g/mol. The van der Waals surface area contributed by atoms with Crippen molar-refractivity contribution in [2.45, 2.75) is 45.1 Å². The first-order valence-corrected chi connectivity index (χ1v) is 9.77. The largest absolute Gasteiger partial charge is 0.355 e. The van der Waals surface area contributed by atoms with E-state index in [0.717, 1.165) is 61.4 Å². The summed E-state index contributed by atoms with van der Waals surface area (Å²) in [5, 5.41) is 4.67. The van der Waals surface area contributed by atoms with Crippen molar-refractivity contribution in [3.05, 3.63) is 40.3 Å². The van der Waals surface area contributed by atoms with Gasteiger partial charge in [-0.1, -0.05) is 0 Å². The van der Waals surface area contributed by atoms with Crippen molar-refractivity contribution in [2.75, 3.05) is 18.0 Å². The molecular weight excluding hydrogens is 342 g/mol. The molecule has 0 unspecified atom stereocenters. The average Bonchev–Trinajstić information content (AvgIpc) is 3.18. The van der Waals surface area contributed by atoms with Crippen LogP contribution in [0, 0.1) is 5.92 Å². The van der Waals surface area contributed by atoms with Crippen LogP contribution in [0.3, 0.4) is 0 Å². The van der Waals surface area contributed by atoms with Gasteiger partial charge in [-0.25, -0.2) is 19.6 Å². The van der Waals surface area contributed by atoms with E-state index in [1.54, 1.807) is 17.3 Å². The third-order valence-corrected chi connectivity index (χ3v) is 5.82. The molecule has 0 bridgehead atoms. The molecule has 0 atom stereocenters. The van der Waals surface area contributed by atoms with Gasteiger partial charge in [0.25, 0.3) is 5.56 Å². The summed E-state index contributed by atoms with van der Waals surface area (Å²) in [4.78, 5) is 30.7. The lowest BCUT2D eigenvalue weighted by atomic mass is 9.96. The lowest BCUT2D eigenvalue weighted by Gasteiger charge is -2.33. The van der Waals surface area contributed by atoms with Crippen LogP contribution in [-0.2, 0) is 19.4 Å². The zero-order valence-electron chi connectivity index (χ0n) is 15.3. The van der Waals surface area contributed by atoms with Crippen molar-refractivity contribution in [3.63, 3.8) is 0 Å². The quantitative estimate of drug-likeness (QED) is 0.759. The molecule has 3 aromatic heterocycles. The first-order chi connectivity index (χ1) is 13.3. The number of rotatable bonds is 3. The third-order valence-electron chi connectivity index (χ3n) is 5.82. The fourth-order valence-corrected chi connectivity index (χ4v) is 4.30. The van der Waals surface area contributed by atoms with Crippen molar-refractivity contribution in [3.8, 4) is 0 Å². The van der Waals surface area contributed by atoms with Crippen LogP contribution in [-0.4, -0.2) is 42.8 Å². The highest BCUT2D eigenvalue weighted by Gasteiger charge is 2.24. The summed E-state index contributed by atoms with van der Waals surface area (Å²) in [6, 6.07) is 1.81. The molecule has 3 aromatic rings. The van der Waals surface area contributed by atoms with Crippen LogP contribution in [0.15, 0.2) is 23.5 Å². The number of H-pyrrole nitrogens is 1. The van der Waals surface area contributed by atoms with Crippen molar-refractivity contribution in [1.29, 1.82) is 0 Å². The first-order valence-electron chi connectivity index (χ1n) is 9.77. The summed E-state index contributed by atoms with van der Waals surface area (Å²) < 4.78 is 1.70. The number of piperidine rings is 1. The number of aromatic nitrogens is 6. The maximum atomic E-state index is 12.4. The minimum Gasteiger partial charge on any atom is -0.355 e. The normalized spacial score (nSPS) is 18.0. The molecule has 2 aliphatic rings. The maximum Gasteiger partial charge on any atom is 0.267 e. The van der Waals surface area contributed by atoms with Gasteiger partial charge in [0, 0.05) is 25.7 Å². The van der Waals surface area contributed by atoms with Crippen molar-refractivity contribution >= 4 is 17.0 Å². The van der Waals surface area contributed by atoms with Crippen LogP contribution >= 0.6 is 0 Å². The van der Waals surface area contributed by atoms with Crippen LogP contribution in [0.1, 0.15) is 36.9 Å². The van der Waals surface area contributed by atoms with Crippen molar-refractivity contribution < 1.29 is 0 Å². The Balaban J connectivity index is 1.29. The Labute approximate surface area is 156 Å². The van der Waals surface area contributed by atoms with Crippen molar-refractivity contribution in [1.82, 2.24) is 29.7 Å². The number of hydrogen-bond acceptors (Lipinski definition) is 6. The molecule has 1 N–H and O–H groups in total. The Hall–Kier alpha value is -2.77. The molecule has 27 heavy (non-hydrogen) atoms. The topological polar surface area (TPSA) is 92.6 Å². The van der Waals surface area contributed by atoms with Gasteiger partial charge in [0.1, 0.15) is 11.8 Å². The van der Waals surface area contributed by atoms with Gasteiger partial charge < -0.3 is 9.88 Å². The van der Waals surface area contributed by atoms with Gasteiger partial charge in [-0.3, -0.25) is 4.79 Å². The monoisotopic (exact) mass is 365 g/mol. The smallest absolute Gasteiger partial charge is 0.267 e. The van der Waals surface area contributed by atoms with E-state index in [-0.39, 0.29) is 5.56 Å². The highest BCUT2D eigenvalue weighted by Crippen LogP contribution is 2.26. The molecule has 8 nitrogen and oxygen atoms in total. The Kier molecular flexibility index (Phi) is 4.10. The third kappa shape index (κ3) is 3.09. The predicted molar refractivity (Wildman–Crippen MR) is 102 cm³/mol. The number of imidazole rings is 1. The Morgan fingerprint density at radius 3 is 2.85 bits per heavy atom. The van der Waals surface area contributed by atoms with Crippen LogP contribution in [0.5, 0.6) is 0 Å². The van der Waals surface area contributed by atoms with Gasteiger partial charge in [0.2, 0.25) is 0 Å². The van der Waals surface area contributed by atoms with E-state index in [9.17, 15) is 4.79 Å². The molecule has 0 aromatic carbocycles. The van der Waals surface area contributed by atoms with Gasteiger partial charge in [-0.05, 0) is 50.0 Å². The van der Waals surface area contributed by atoms with Crippen LogP contribution in [0.2, 0.25) is 0 Å². The lowest BCUT2D eigenvalue weighted by molar-refractivity contribution is 0.331. The standard InChI is InChI=1S/C19H23N7O/c27-16-9-14-3-1-2-4-15(14)24-26(16)10-13-5-7-25(8-6-13)19-17-18(21-11-20-17)22-12-23-19/h9,11-13H,1-8,10H2,(H,20,21,22,23). The minimum atomic E-state index is 0.0491. The number of fused-ring (bicyclic) bond motifs is 2. The second kappa shape index (κ2) is 6.75. The molecule has 1 saturated heterocycles. The first kappa shape index (κ1) is 16.4. The summed E-state index contributed by atoms with van der Waals surface area (Å²) in [7, 11) is 0. The van der Waals surface area contributed by atoms with Crippen LogP contribution in [0.25, 0.3) is 11.2 Å². The summed E-state index contributed by atoms with van der Waals surface area (Å²) in [5.74, 6) is 1.38. The van der Waals surface area contributed by atoms with E-state index in [0.29, 0.717) is 18.1 Å². The Bertz CT molecular complexity index is 1020. The number of hydrogen-bond donors (Lipinski definition) is 1. The van der Waals surface area contributed by atoms with Crippen LogP contribution < -0.4 is 10.5 Å². The molecule has 0 radical (unpaired) electrons. The molecule has 140 valence electrons. The zero-order chi connectivity index (χ0) is 18.2. The molecule has 8 heteroatoms. The number of nitrogens with one attached hydrogen (secondary N) is 1. The summed E-state index contributed by atoms with van der Waals surface area (Å²) in [6.45, 7) is 2.54. The van der Waals surface area contributed by atoms with E-state index in [1.165, 1.54) is 12.8 Å². The Morgan fingerprint density at radius 2 is 1.96 bits per heavy atom. The van der Waals surface area contributed by atoms with Crippen LogP contribution in [0.4, 0.5) is 5.82 Å². The number of aromatic amines is 1. The molecule has 0 amide bonds. The second-order valence-electron chi connectivity index (χ2n) is 7.57. The van der Waals surface area contributed by atoms with E-state index < -0.39 is 0 Å². The van der Waals surface area contributed by atoms with E-state index in [1.807, 2.05) is 6.07 Å². The number of nitrogens with zero attached hydrogens (tertiary/aromatic N) is 6. The fraction of sp³-hybridized carbons (Fsp3) is 0.526. The number of aryl methyl sites for hydroxylation is 2. The SMILES string of the molecule is O=c1cc2c(nn1CC1CCN(c3ncnc4nc[nH]c34)CC1)CCCC2. The van der Waals surface area contributed by atoms with Gasteiger partial charge in [0.15, 0.2) is 11.5 Å². The minimum absolute atomic E-state index is 0.0491. The maximum absolute atomic E-state index is 12.4. The van der Waals surface area contributed by atoms with E-state index >= 15 is 0 Å². The molecule has 5 rings (SSSR count). The predicted octanol–water partition coefficient (Wildman–Crippen LogP) is 1.70. The molecule has 0 saturated carbocycles. The van der Waals surface area contributed by atoms with E-state index in [4.69, 9.17) is 0 Å². The zero-order valence-corrected chi connectivity index (χ0v) is 15.3. The lowest BCUT2D eigenvalue weighted by Crippen LogP contribution is -2.37. The van der Waals surface area contributed by atoms with E-state index in [2.05, 4.69) is 29.9 Å². The summed E-state index contributed by atoms with van der Waals surface area (Å²) in [5.41, 5.74) is 3.93. The molecule has 4 heterocycles. The highest BCUT2D eigenvalue weighted by atomic mass is 16.1. The highest BCUT2D eigenvalue weighted by molar-refractivity contribution is 5.82. The number of anilines is 1.